The van der Waals surface area contributed by atoms with Gasteiger partial charge >= 0.3 is 6.03 Å². The molecule has 2 aromatic carbocycles. The highest BCUT2D eigenvalue weighted by atomic mass is 35.5. The van der Waals surface area contributed by atoms with Gasteiger partial charge in [-0.3, -0.25) is 10.2 Å². The molecule has 0 aliphatic carbocycles. The summed E-state index contributed by atoms with van der Waals surface area (Å²) in [6, 6.07) is 15.6. The van der Waals surface area contributed by atoms with Crippen molar-refractivity contribution in [1.29, 1.82) is 0 Å². The third kappa shape index (κ3) is 1.84. The van der Waals surface area contributed by atoms with Gasteiger partial charge in [-0.05, 0) is 36.7 Å². The molecule has 0 aromatic heterocycles. The number of rotatable bonds is 1. The summed E-state index contributed by atoms with van der Waals surface area (Å²) >= 11 is 6.23. The van der Waals surface area contributed by atoms with Crippen molar-refractivity contribution in [3.05, 3.63) is 64.7 Å². The average molecular weight is 314 g/mol. The molecule has 2 amide bonds. The Hall–Kier alpha value is -2.04. The molecule has 0 bridgehead atoms. The molecule has 2 aromatic rings. The van der Waals surface area contributed by atoms with E-state index in [-0.39, 0.29) is 6.03 Å². The first kappa shape index (κ1) is 13.6. The Morgan fingerprint density at radius 3 is 2.77 bits per heavy atom. The van der Waals surface area contributed by atoms with E-state index in [0.29, 0.717) is 11.6 Å². The Balaban J connectivity index is 2.02. The lowest BCUT2D eigenvalue weighted by Gasteiger charge is -2.51. The van der Waals surface area contributed by atoms with Crippen LogP contribution in [0.4, 0.5) is 10.5 Å². The zero-order valence-corrected chi connectivity index (χ0v) is 12.7. The van der Waals surface area contributed by atoms with Crippen molar-refractivity contribution < 1.29 is 4.79 Å². The van der Waals surface area contributed by atoms with E-state index in [2.05, 4.69) is 22.8 Å². The number of hydrogen-bond donors (Lipinski definition) is 2. The van der Waals surface area contributed by atoms with Crippen LogP contribution < -0.4 is 10.6 Å². The van der Waals surface area contributed by atoms with Crippen LogP contribution in [0.3, 0.4) is 0 Å². The number of amides is 2. The lowest BCUT2D eigenvalue weighted by Crippen LogP contribution is -2.65. The van der Waals surface area contributed by atoms with Crippen LogP contribution in [0.1, 0.15) is 17.5 Å². The Morgan fingerprint density at radius 2 is 1.95 bits per heavy atom. The number of hydrogen-bond acceptors (Lipinski definition) is 2. The van der Waals surface area contributed by atoms with Crippen LogP contribution in [0.5, 0.6) is 0 Å². The minimum Gasteiger partial charge on any atom is -0.307 e. The first-order chi connectivity index (χ1) is 10.7. The lowest BCUT2D eigenvalue weighted by atomic mass is 9.85. The van der Waals surface area contributed by atoms with Crippen molar-refractivity contribution in [1.82, 2.24) is 10.2 Å². The maximum Gasteiger partial charge on any atom is 0.323 e. The number of carbonyl (C=O) groups is 1. The summed E-state index contributed by atoms with van der Waals surface area (Å²) in [5, 5.41) is 7.20. The maximum absolute atomic E-state index is 12.6. The van der Waals surface area contributed by atoms with Gasteiger partial charge in [-0.1, -0.05) is 41.9 Å². The van der Waals surface area contributed by atoms with Crippen molar-refractivity contribution in [2.24, 2.45) is 0 Å². The van der Waals surface area contributed by atoms with E-state index < -0.39 is 5.66 Å². The van der Waals surface area contributed by atoms with Crippen molar-refractivity contribution in [3.63, 3.8) is 0 Å². The third-order valence-corrected chi connectivity index (χ3v) is 4.63. The van der Waals surface area contributed by atoms with Crippen LogP contribution in [-0.4, -0.2) is 24.0 Å². The molecule has 22 heavy (non-hydrogen) atoms. The van der Waals surface area contributed by atoms with E-state index in [1.165, 1.54) is 0 Å². The zero-order chi connectivity index (χ0) is 15.2. The molecule has 2 aliphatic heterocycles. The number of nitrogens with one attached hydrogen (secondary N) is 2. The van der Waals surface area contributed by atoms with Gasteiger partial charge in [-0.2, -0.15) is 0 Å². The van der Waals surface area contributed by atoms with Gasteiger partial charge in [-0.25, -0.2) is 4.79 Å². The van der Waals surface area contributed by atoms with Gasteiger partial charge in [0.25, 0.3) is 0 Å². The summed E-state index contributed by atoms with van der Waals surface area (Å²) < 4.78 is 0. The molecule has 0 saturated carbocycles. The van der Waals surface area contributed by atoms with Crippen LogP contribution in [0.15, 0.2) is 48.5 Å². The number of halogens is 1. The van der Waals surface area contributed by atoms with E-state index in [4.69, 9.17) is 11.6 Å². The van der Waals surface area contributed by atoms with Crippen LogP contribution >= 0.6 is 11.6 Å². The maximum atomic E-state index is 12.6. The molecular weight excluding hydrogens is 298 g/mol. The van der Waals surface area contributed by atoms with Crippen LogP contribution in [-0.2, 0) is 5.66 Å². The third-order valence-electron chi connectivity index (χ3n) is 4.39. The highest BCUT2D eigenvalue weighted by molar-refractivity contribution is 6.30. The van der Waals surface area contributed by atoms with Crippen LogP contribution in [0.25, 0.3) is 0 Å². The Labute approximate surface area is 134 Å². The Bertz CT molecular complexity index is 734. The smallest absolute Gasteiger partial charge is 0.307 e. The first-order valence-electron chi connectivity index (χ1n) is 7.41. The number of urea groups is 1. The summed E-state index contributed by atoms with van der Waals surface area (Å²) in [4.78, 5) is 14.5. The van der Waals surface area contributed by atoms with E-state index in [1.807, 2.05) is 35.2 Å². The molecule has 4 nitrogen and oxygen atoms in total. The minimum absolute atomic E-state index is 0.0779. The molecule has 112 valence electrons. The average Bonchev–Trinajstić information content (AvgIpc) is 2.56. The molecule has 1 fully saturated rings. The van der Waals surface area contributed by atoms with E-state index in [1.54, 1.807) is 6.07 Å². The second-order valence-electron chi connectivity index (χ2n) is 5.63. The van der Waals surface area contributed by atoms with Crippen LogP contribution in [0.2, 0.25) is 5.02 Å². The van der Waals surface area contributed by atoms with Gasteiger partial charge in [0, 0.05) is 22.8 Å². The van der Waals surface area contributed by atoms with E-state index in [9.17, 15) is 4.79 Å². The highest BCUT2D eigenvalue weighted by Gasteiger charge is 2.48. The second-order valence-corrected chi connectivity index (χ2v) is 6.06. The zero-order valence-electron chi connectivity index (χ0n) is 12.0. The molecule has 2 aliphatic rings. The normalized spacial score (nSPS) is 23.5. The quantitative estimate of drug-likeness (QED) is 0.847. The Morgan fingerprint density at radius 1 is 1.14 bits per heavy atom. The molecule has 1 atom stereocenters. The standard InChI is InChI=1S/C17H16ClN3O/c18-13-7-8-15-14(11-13)17(12-5-2-1-3-6-12)19-9-4-10-21(17)16(22)20-15/h1-3,5-8,11,19H,4,9-10H2,(H,20,22). The number of carbonyl (C=O) groups excluding carboxylic acids is 1. The topological polar surface area (TPSA) is 44.4 Å². The number of nitrogens with zero attached hydrogens (tertiary/aromatic N) is 1. The second kappa shape index (κ2) is 5.00. The lowest BCUT2D eigenvalue weighted by molar-refractivity contribution is 0.0903. The van der Waals surface area contributed by atoms with Crippen molar-refractivity contribution in [2.45, 2.75) is 12.1 Å². The van der Waals surface area contributed by atoms with Gasteiger partial charge in [0.15, 0.2) is 0 Å². The largest absolute Gasteiger partial charge is 0.323 e. The minimum atomic E-state index is -0.651. The monoisotopic (exact) mass is 313 g/mol. The Kier molecular flexibility index (Phi) is 3.10. The predicted molar refractivity (Wildman–Crippen MR) is 87.0 cm³/mol. The summed E-state index contributed by atoms with van der Waals surface area (Å²) in [7, 11) is 0. The SMILES string of the molecule is O=C1Nc2ccc(Cl)cc2C2(c3ccccc3)NCCCN12. The summed E-state index contributed by atoms with van der Waals surface area (Å²) in [6.07, 6.45) is 0.928. The molecule has 0 spiro atoms. The fourth-order valence-corrected chi connectivity index (χ4v) is 3.64. The molecule has 1 saturated heterocycles. The first-order valence-corrected chi connectivity index (χ1v) is 7.79. The predicted octanol–water partition coefficient (Wildman–Crippen LogP) is 3.38. The van der Waals surface area contributed by atoms with Gasteiger partial charge in [-0.15, -0.1) is 0 Å². The van der Waals surface area contributed by atoms with E-state index >= 15 is 0 Å². The molecular formula is C17H16ClN3O. The van der Waals surface area contributed by atoms with Crippen molar-refractivity contribution >= 4 is 23.3 Å². The van der Waals surface area contributed by atoms with Crippen molar-refractivity contribution in [3.8, 4) is 0 Å². The molecule has 5 heteroatoms. The van der Waals surface area contributed by atoms with E-state index in [0.717, 1.165) is 29.8 Å². The highest BCUT2D eigenvalue weighted by Crippen LogP contribution is 2.43. The molecule has 1 unspecified atom stereocenters. The fraction of sp³-hybridized carbons (Fsp3) is 0.235. The summed E-state index contributed by atoms with van der Waals surface area (Å²) in [5.74, 6) is 0. The van der Waals surface area contributed by atoms with Gasteiger partial charge in [0.05, 0.1) is 0 Å². The van der Waals surface area contributed by atoms with Gasteiger partial charge in [0.2, 0.25) is 0 Å². The van der Waals surface area contributed by atoms with Crippen molar-refractivity contribution in [2.75, 3.05) is 18.4 Å². The van der Waals surface area contributed by atoms with Gasteiger partial charge < -0.3 is 5.32 Å². The number of anilines is 1. The number of benzene rings is 2. The summed E-state index contributed by atoms with van der Waals surface area (Å²) in [5.41, 5.74) is 2.20. The summed E-state index contributed by atoms with van der Waals surface area (Å²) in [6.45, 7) is 1.56. The van der Waals surface area contributed by atoms with Crippen LogP contribution in [0, 0.1) is 0 Å². The fourth-order valence-electron chi connectivity index (χ4n) is 3.46. The number of fused-ring (bicyclic) bond motifs is 3. The molecule has 2 heterocycles. The molecule has 4 rings (SSSR count). The van der Waals surface area contributed by atoms with Gasteiger partial charge in [0.1, 0.15) is 5.66 Å². The molecule has 2 N–H and O–H groups in total. The molecule has 0 radical (unpaired) electrons.